The minimum Gasteiger partial charge on any atom is -0.317 e. The molecule has 1 fully saturated rings. The lowest BCUT2D eigenvalue weighted by Gasteiger charge is -2.20. The maximum Gasteiger partial charge on any atom is 0.0332 e. The molecule has 3 N–H and O–H groups in total. The summed E-state index contributed by atoms with van der Waals surface area (Å²) < 4.78 is 0. The Bertz CT molecular complexity index is 301. The van der Waals surface area contributed by atoms with E-state index in [-0.39, 0.29) is 0 Å². The summed E-state index contributed by atoms with van der Waals surface area (Å²) >= 11 is 0. The van der Waals surface area contributed by atoms with E-state index >= 15 is 0 Å². The summed E-state index contributed by atoms with van der Waals surface area (Å²) in [5.74, 6) is 0. The molecule has 2 rings (SSSR count). The molecule has 0 radical (unpaired) electrons. The van der Waals surface area contributed by atoms with E-state index in [0.717, 1.165) is 39.1 Å². The summed E-state index contributed by atoms with van der Waals surface area (Å²) in [5, 5.41) is 10.7. The van der Waals surface area contributed by atoms with Crippen LogP contribution in [0.5, 0.6) is 0 Å². The summed E-state index contributed by atoms with van der Waals surface area (Å²) in [6.45, 7) is 5.55. The van der Waals surface area contributed by atoms with Gasteiger partial charge in [-0.2, -0.15) is 0 Å². The van der Waals surface area contributed by atoms with Gasteiger partial charge in [-0.1, -0.05) is 30.3 Å². The van der Waals surface area contributed by atoms with Gasteiger partial charge in [0.2, 0.25) is 0 Å². The Morgan fingerprint density at radius 3 is 2.22 bits per heavy atom. The average Bonchev–Trinajstić information content (AvgIpc) is 2.40. The standard InChI is InChI=1S/C15H25N3/c1-2-6-14(7-3-1)15-8-13-17-10-4-9-16-11-5-12-18-15/h1-3,6-7,15-18H,4-5,8-13H2. The van der Waals surface area contributed by atoms with Gasteiger partial charge in [0.25, 0.3) is 0 Å². The highest BCUT2D eigenvalue weighted by molar-refractivity contribution is 5.18. The van der Waals surface area contributed by atoms with Gasteiger partial charge in [-0.3, -0.25) is 0 Å². The van der Waals surface area contributed by atoms with Crippen LogP contribution >= 0.6 is 0 Å². The Kier molecular flexibility index (Phi) is 6.20. The van der Waals surface area contributed by atoms with Gasteiger partial charge in [0, 0.05) is 6.04 Å². The average molecular weight is 247 g/mol. The van der Waals surface area contributed by atoms with Gasteiger partial charge in [-0.15, -0.1) is 0 Å². The van der Waals surface area contributed by atoms with Crippen LogP contribution in [0.2, 0.25) is 0 Å². The normalized spacial score (nSPS) is 23.9. The van der Waals surface area contributed by atoms with Gasteiger partial charge in [-0.05, 0) is 57.5 Å². The molecule has 1 atom stereocenters. The molecule has 1 unspecified atom stereocenters. The molecule has 1 aromatic carbocycles. The van der Waals surface area contributed by atoms with Crippen LogP contribution in [0.4, 0.5) is 0 Å². The van der Waals surface area contributed by atoms with Crippen molar-refractivity contribution >= 4 is 0 Å². The van der Waals surface area contributed by atoms with E-state index in [1.807, 2.05) is 0 Å². The van der Waals surface area contributed by atoms with Crippen LogP contribution in [0.25, 0.3) is 0 Å². The van der Waals surface area contributed by atoms with Crippen molar-refractivity contribution in [2.75, 3.05) is 32.7 Å². The maximum absolute atomic E-state index is 3.67. The molecule has 0 aromatic heterocycles. The van der Waals surface area contributed by atoms with E-state index in [0.29, 0.717) is 6.04 Å². The van der Waals surface area contributed by atoms with Crippen molar-refractivity contribution in [2.24, 2.45) is 0 Å². The Balaban J connectivity index is 1.89. The maximum atomic E-state index is 3.67. The van der Waals surface area contributed by atoms with E-state index in [2.05, 4.69) is 46.3 Å². The van der Waals surface area contributed by atoms with Crippen LogP contribution < -0.4 is 16.0 Å². The zero-order chi connectivity index (χ0) is 12.5. The molecule has 0 saturated carbocycles. The number of nitrogens with one attached hydrogen (secondary N) is 3. The summed E-state index contributed by atoms with van der Waals surface area (Å²) in [6, 6.07) is 11.3. The second-order valence-electron chi connectivity index (χ2n) is 4.91. The number of rotatable bonds is 1. The molecule has 3 heteroatoms. The van der Waals surface area contributed by atoms with E-state index in [9.17, 15) is 0 Å². The highest BCUT2D eigenvalue weighted by Gasteiger charge is 2.10. The first kappa shape index (κ1) is 13.5. The molecular weight excluding hydrogens is 222 g/mol. The second-order valence-corrected chi connectivity index (χ2v) is 4.91. The largest absolute Gasteiger partial charge is 0.317 e. The van der Waals surface area contributed by atoms with Gasteiger partial charge in [0.05, 0.1) is 0 Å². The van der Waals surface area contributed by atoms with Crippen molar-refractivity contribution in [3.63, 3.8) is 0 Å². The molecule has 3 nitrogen and oxygen atoms in total. The highest BCUT2D eigenvalue weighted by Crippen LogP contribution is 2.15. The van der Waals surface area contributed by atoms with E-state index in [4.69, 9.17) is 0 Å². The first-order valence-corrected chi connectivity index (χ1v) is 7.16. The molecule has 1 aliphatic rings. The predicted octanol–water partition coefficient (Wildman–Crippen LogP) is 1.68. The monoisotopic (exact) mass is 247 g/mol. The van der Waals surface area contributed by atoms with Crippen molar-refractivity contribution in [3.8, 4) is 0 Å². The van der Waals surface area contributed by atoms with Crippen molar-refractivity contribution in [2.45, 2.75) is 25.3 Å². The Morgan fingerprint density at radius 1 is 0.778 bits per heavy atom. The first-order chi connectivity index (χ1) is 8.97. The molecule has 0 bridgehead atoms. The van der Waals surface area contributed by atoms with Gasteiger partial charge < -0.3 is 16.0 Å². The fourth-order valence-corrected chi connectivity index (χ4v) is 2.40. The first-order valence-electron chi connectivity index (χ1n) is 7.16. The van der Waals surface area contributed by atoms with E-state index in [1.54, 1.807) is 0 Å². The third-order valence-electron chi connectivity index (χ3n) is 3.44. The van der Waals surface area contributed by atoms with Gasteiger partial charge in [0.15, 0.2) is 0 Å². The van der Waals surface area contributed by atoms with Crippen LogP contribution in [0.15, 0.2) is 30.3 Å². The predicted molar refractivity (Wildman–Crippen MR) is 76.8 cm³/mol. The van der Waals surface area contributed by atoms with Crippen molar-refractivity contribution in [1.82, 2.24) is 16.0 Å². The third-order valence-corrected chi connectivity index (χ3v) is 3.44. The summed E-state index contributed by atoms with van der Waals surface area (Å²) in [4.78, 5) is 0. The molecule has 0 amide bonds. The Labute approximate surface area is 110 Å². The summed E-state index contributed by atoms with van der Waals surface area (Å²) in [5.41, 5.74) is 1.41. The molecule has 100 valence electrons. The van der Waals surface area contributed by atoms with Crippen LogP contribution in [-0.2, 0) is 0 Å². The van der Waals surface area contributed by atoms with E-state index < -0.39 is 0 Å². The fraction of sp³-hybridized carbons (Fsp3) is 0.600. The smallest absolute Gasteiger partial charge is 0.0332 e. The van der Waals surface area contributed by atoms with Crippen LogP contribution in [0, 0.1) is 0 Å². The zero-order valence-electron chi connectivity index (χ0n) is 11.1. The molecule has 18 heavy (non-hydrogen) atoms. The second kappa shape index (κ2) is 8.25. The molecule has 0 spiro atoms. The summed E-state index contributed by atoms with van der Waals surface area (Å²) in [7, 11) is 0. The molecule has 0 aliphatic carbocycles. The quantitative estimate of drug-likeness (QED) is 0.706. The lowest BCUT2D eigenvalue weighted by atomic mass is 10.0. The lowest BCUT2D eigenvalue weighted by molar-refractivity contribution is 0.454. The minimum atomic E-state index is 0.484. The molecule has 1 aromatic rings. The fourth-order valence-electron chi connectivity index (χ4n) is 2.40. The molecular formula is C15H25N3. The zero-order valence-corrected chi connectivity index (χ0v) is 11.1. The molecule has 1 aliphatic heterocycles. The SMILES string of the molecule is c1ccc(C2CCNCCCNCCCN2)cc1. The van der Waals surface area contributed by atoms with Gasteiger partial charge in [0.1, 0.15) is 0 Å². The van der Waals surface area contributed by atoms with Crippen molar-refractivity contribution in [3.05, 3.63) is 35.9 Å². The highest BCUT2D eigenvalue weighted by atomic mass is 14.9. The van der Waals surface area contributed by atoms with Crippen LogP contribution in [0.3, 0.4) is 0 Å². The Hall–Kier alpha value is -0.900. The van der Waals surface area contributed by atoms with E-state index in [1.165, 1.54) is 18.4 Å². The van der Waals surface area contributed by atoms with Crippen LogP contribution in [0.1, 0.15) is 30.9 Å². The minimum absolute atomic E-state index is 0.484. The topological polar surface area (TPSA) is 36.1 Å². The molecule has 1 heterocycles. The van der Waals surface area contributed by atoms with Crippen molar-refractivity contribution in [1.29, 1.82) is 0 Å². The van der Waals surface area contributed by atoms with Gasteiger partial charge >= 0.3 is 0 Å². The number of hydrogen-bond acceptors (Lipinski definition) is 3. The summed E-state index contributed by atoms with van der Waals surface area (Å²) in [6.07, 6.45) is 3.59. The van der Waals surface area contributed by atoms with Crippen LogP contribution in [-0.4, -0.2) is 32.7 Å². The van der Waals surface area contributed by atoms with Gasteiger partial charge in [-0.25, -0.2) is 0 Å². The Morgan fingerprint density at radius 2 is 1.44 bits per heavy atom. The molecule has 1 saturated heterocycles. The lowest BCUT2D eigenvalue weighted by Crippen LogP contribution is -2.31. The number of hydrogen-bond donors (Lipinski definition) is 3. The number of benzene rings is 1. The van der Waals surface area contributed by atoms with Crippen molar-refractivity contribution < 1.29 is 0 Å². The third kappa shape index (κ3) is 4.77.